The minimum Gasteiger partial charge on any atom is -0.611 e. The van der Waals surface area contributed by atoms with Crippen molar-refractivity contribution >= 4 is 33.0 Å². The lowest BCUT2D eigenvalue weighted by Gasteiger charge is -2.13. The maximum Gasteiger partial charge on any atom is 0.153 e. The molecule has 0 spiro atoms. The van der Waals surface area contributed by atoms with Gasteiger partial charge in [0.25, 0.3) is 0 Å². The van der Waals surface area contributed by atoms with Gasteiger partial charge in [0.1, 0.15) is 22.8 Å². The summed E-state index contributed by atoms with van der Waals surface area (Å²) in [6, 6.07) is 11.8. The molecule has 1 N–H and O–H groups in total. The van der Waals surface area contributed by atoms with Crippen LogP contribution in [0.2, 0.25) is 0 Å². The zero-order valence-corrected chi connectivity index (χ0v) is 15.5. The van der Waals surface area contributed by atoms with Crippen molar-refractivity contribution in [2.24, 2.45) is 0 Å². The normalized spacial score (nSPS) is 12.6. The largest absolute Gasteiger partial charge is 0.611 e. The first kappa shape index (κ1) is 16.9. The Morgan fingerprint density at radius 2 is 2.08 bits per heavy atom. The molecule has 1 atom stereocenters. The minimum atomic E-state index is -0.966. The summed E-state index contributed by atoms with van der Waals surface area (Å²) in [5.41, 5.74) is 2.64. The zero-order chi connectivity index (χ0) is 18.1. The highest BCUT2D eigenvalue weighted by atomic mass is 32.2. The predicted molar refractivity (Wildman–Crippen MR) is 105 cm³/mol. The second kappa shape index (κ2) is 6.97. The van der Waals surface area contributed by atoms with E-state index in [-0.39, 0.29) is 0 Å². The Labute approximate surface area is 154 Å². The van der Waals surface area contributed by atoms with E-state index in [4.69, 9.17) is 4.74 Å². The van der Waals surface area contributed by atoms with E-state index >= 15 is 0 Å². The molecule has 0 bridgehead atoms. The number of nitrogens with zero attached hydrogens (tertiary/aromatic N) is 2. The molecular formula is C20H19N3O2S. The Balaban J connectivity index is 1.84. The van der Waals surface area contributed by atoms with Crippen LogP contribution in [0.25, 0.3) is 33.2 Å². The van der Waals surface area contributed by atoms with Crippen molar-refractivity contribution in [1.29, 1.82) is 0 Å². The standard InChI is InChI=1S/C20H19N3O2S/c1-3-10-26(24)14-5-7-15-13(11-14)4-6-16(19(15)25-2)20-22-17-8-9-21-12-18(17)23-20/h4-9,11-12H,3,10H2,1-2H3,(H,22,23). The van der Waals surface area contributed by atoms with Crippen molar-refractivity contribution in [2.75, 3.05) is 12.9 Å². The zero-order valence-electron chi connectivity index (χ0n) is 14.7. The fraction of sp³-hybridized carbons (Fsp3) is 0.200. The highest BCUT2D eigenvalue weighted by molar-refractivity contribution is 7.91. The third kappa shape index (κ3) is 2.91. The second-order valence-corrected chi connectivity index (χ2v) is 7.63. The third-order valence-corrected chi connectivity index (χ3v) is 5.90. The van der Waals surface area contributed by atoms with Crippen LogP contribution in [0.1, 0.15) is 13.3 Å². The number of rotatable bonds is 5. The molecule has 0 aliphatic rings. The Bertz CT molecular complexity index is 1040. The number of nitrogens with one attached hydrogen (secondary N) is 1. The van der Waals surface area contributed by atoms with Gasteiger partial charge in [-0.05, 0) is 47.2 Å². The number of benzene rings is 2. The molecule has 132 valence electrons. The maximum atomic E-state index is 12.3. The molecule has 1 unspecified atom stereocenters. The summed E-state index contributed by atoms with van der Waals surface area (Å²) < 4.78 is 18.0. The molecule has 2 aromatic heterocycles. The third-order valence-electron chi connectivity index (χ3n) is 4.34. The van der Waals surface area contributed by atoms with Crippen LogP contribution in [0, 0.1) is 0 Å². The van der Waals surface area contributed by atoms with Crippen molar-refractivity contribution in [2.45, 2.75) is 18.2 Å². The van der Waals surface area contributed by atoms with Crippen LogP contribution in [-0.4, -0.2) is 32.4 Å². The summed E-state index contributed by atoms with van der Waals surface area (Å²) in [7, 11) is 1.66. The molecule has 0 fully saturated rings. The lowest BCUT2D eigenvalue weighted by Crippen LogP contribution is -2.05. The number of H-pyrrole nitrogens is 1. The van der Waals surface area contributed by atoms with Gasteiger partial charge < -0.3 is 14.3 Å². The van der Waals surface area contributed by atoms with Gasteiger partial charge in [0.05, 0.1) is 24.4 Å². The minimum absolute atomic E-state index is 0.674. The summed E-state index contributed by atoms with van der Waals surface area (Å²) in [4.78, 5) is 12.9. The van der Waals surface area contributed by atoms with Gasteiger partial charge in [-0.1, -0.05) is 13.0 Å². The van der Waals surface area contributed by atoms with Gasteiger partial charge in [-0.25, -0.2) is 4.98 Å². The average Bonchev–Trinajstić information content (AvgIpc) is 3.10. The SMILES string of the molecule is CCC[S+]([O-])c1ccc2c(OC)c(-c3nc4cnccc4[nH]3)ccc2c1. The summed E-state index contributed by atoms with van der Waals surface area (Å²) in [6.45, 7) is 2.04. The van der Waals surface area contributed by atoms with Crippen molar-refractivity contribution < 1.29 is 9.29 Å². The van der Waals surface area contributed by atoms with Crippen LogP contribution in [-0.2, 0) is 11.2 Å². The number of ether oxygens (including phenoxy) is 1. The highest BCUT2D eigenvalue weighted by Gasteiger charge is 2.16. The molecule has 0 aliphatic carbocycles. The van der Waals surface area contributed by atoms with Crippen molar-refractivity contribution in [3.63, 3.8) is 0 Å². The Kier molecular flexibility index (Phi) is 4.53. The van der Waals surface area contributed by atoms with Crippen molar-refractivity contribution in [1.82, 2.24) is 15.0 Å². The van der Waals surface area contributed by atoms with Gasteiger partial charge in [0.2, 0.25) is 0 Å². The molecule has 0 saturated heterocycles. The Morgan fingerprint density at radius 3 is 2.85 bits per heavy atom. The van der Waals surface area contributed by atoms with E-state index < -0.39 is 11.2 Å². The first-order valence-corrected chi connectivity index (χ1v) is 9.82. The van der Waals surface area contributed by atoms with Crippen LogP contribution in [0.4, 0.5) is 0 Å². The fourth-order valence-electron chi connectivity index (χ4n) is 3.12. The van der Waals surface area contributed by atoms with E-state index in [1.807, 2.05) is 43.3 Å². The van der Waals surface area contributed by atoms with E-state index in [1.54, 1.807) is 19.5 Å². The number of fused-ring (bicyclic) bond motifs is 2. The van der Waals surface area contributed by atoms with E-state index in [0.717, 1.165) is 50.3 Å². The molecule has 0 saturated carbocycles. The summed E-state index contributed by atoms with van der Waals surface area (Å²) in [5.74, 6) is 2.17. The van der Waals surface area contributed by atoms with Gasteiger partial charge in [-0.15, -0.1) is 0 Å². The first-order valence-electron chi connectivity index (χ1n) is 8.50. The van der Waals surface area contributed by atoms with E-state index in [2.05, 4.69) is 15.0 Å². The highest BCUT2D eigenvalue weighted by Crippen LogP contribution is 2.37. The average molecular weight is 365 g/mol. The monoisotopic (exact) mass is 365 g/mol. The molecule has 2 heterocycles. The van der Waals surface area contributed by atoms with E-state index in [0.29, 0.717) is 5.75 Å². The quantitative estimate of drug-likeness (QED) is 0.535. The molecule has 5 nitrogen and oxygen atoms in total. The van der Waals surface area contributed by atoms with Crippen LogP contribution in [0.3, 0.4) is 0 Å². The van der Waals surface area contributed by atoms with Crippen LogP contribution < -0.4 is 4.74 Å². The topological polar surface area (TPSA) is 73.9 Å². The van der Waals surface area contributed by atoms with Gasteiger partial charge in [0.15, 0.2) is 4.90 Å². The lowest BCUT2D eigenvalue weighted by molar-refractivity contribution is 0.421. The van der Waals surface area contributed by atoms with Crippen LogP contribution >= 0.6 is 0 Å². The number of imidazole rings is 1. The Hall–Kier alpha value is -2.57. The molecule has 0 aliphatic heterocycles. The number of hydrogen-bond acceptors (Lipinski definition) is 4. The van der Waals surface area contributed by atoms with Gasteiger partial charge in [-0.2, -0.15) is 0 Å². The molecule has 4 aromatic rings. The molecule has 26 heavy (non-hydrogen) atoms. The first-order chi connectivity index (χ1) is 12.7. The summed E-state index contributed by atoms with van der Waals surface area (Å²) in [5, 5.41) is 1.98. The molecular weight excluding hydrogens is 346 g/mol. The molecule has 0 amide bonds. The number of hydrogen-bond donors (Lipinski definition) is 1. The van der Waals surface area contributed by atoms with Gasteiger partial charge >= 0.3 is 0 Å². The van der Waals surface area contributed by atoms with E-state index in [9.17, 15) is 4.55 Å². The van der Waals surface area contributed by atoms with Crippen molar-refractivity contribution in [3.8, 4) is 17.1 Å². The lowest BCUT2D eigenvalue weighted by atomic mass is 10.0. The van der Waals surface area contributed by atoms with Crippen LogP contribution in [0.5, 0.6) is 5.75 Å². The molecule has 0 radical (unpaired) electrons. The van der Waals surface area contributed by atoms with Gasteiger partial charge in [0, 0.05) is 17.6 Å². The fourth-order valence-corrected chi connectivity index (χ4v) is 4.20. The number of aromatic nitrogens is 3. The predicted octanol–water partition coefficient (Wildman–Crippen LogP) is 4.30. The number of pyridine rings is 1. The van der Waals surface area contributed by atoms with Crippen LogP contribution in [0.15, 0.2) is 53.7 Å². The maximum absolute atomic E-state index is 12.3. The molecule has 2 aromatic carbocycles. The second-order valence-electron chi connectivity index (χ2n) is 6.06. The molecule has 4 rings (SSSR count). The summed E-state index contributed by atoms with van der Waals surface area (Å²) >= 11 is -0.966. The van der Waals surface area contributed by atoms with E-state index in [1.165, 1.54) is 0 Å². The molecule has 6 heteroatoms. The van der Waals surface area contributed by atoms with Gasteiger partial charge in [-0.3, -0.25) is 4.98 Å². The smallest absolute Gasteiger partial charge is 0.153 e. The number of aromatic amines is 1. The summed E-state index contributed by atoms with van der Waals surface area (Å²) in [6.07, 6.45) is 4.37. The number of methoxy groups -OCH3 is 1. The van der Waals surface area contributed by atoms with Crippen molar-refractivity contribution in [3.05, 3.63) is 48.8 Å². The Morgan fingerprint density at radius 1 is 1.19 bits per heavy atom.